The van der Waals surface area contributed by atoms with Crippen LogP contribution in [-0.4, -0.2) is 52.9 Å². The summed E-state index contributed by atoms with van der Waals surface area (Å²) in [4.78, 5) is 71.1. The number of carbonyl (C=O) groups is 4. The van der Waals surface area contributed by atoms with Crippen LogP contribution in [0.4, 0.5) is 17.1 Å². The van der Waals surface area contributed by atoms with Crippen LogP contribution < -0.4 is 19.8 Å². The monoisotopic (exact) mass is 782 g/mol. The van der Waals surface area contributed by atoms with Gasteiger partial charge in [0.15, 0.2) is 0 Å². The lowest BCUT2D eigenvalue weighted by molar-refractivity contribution is -0.384. The maximum atomic E-state index is 15.5. The number of rotatable bonds is 8. The number of hydrogen-bond donors (Lipinski definition) is 2. The van der Waals surface area contributed by atoms with E-state index in [1.165, 1.54) is 56.7 Å². The molecule has 2 aliphatic heterocycles. The van der Waals surface area contributed by atoms with Crippen LogP contribution in [0.25, 0.3) is 0 Å². The van der Waals surface area contributed by atoms with Crippen molar-refractivity contribution in [3.05, 3.63) is 128 Å². The fraction of sp³-hybridized carbons (Fsp3) is 0.250. The molecular weight excluding hydrogens is 751 g/mol. The Balaban J connectivity index is 1.35. The zero-order valence-electron chi connectivity index (χ0n) is 29.3. The van der Waals surface area contributed by atoms with Gasteiger partial charge in [0, 0.05) is 28.6 Å². The van der Waals surface area contributed by atoms with Gasteiger partial charge >= 0.3 is 0 Å². The van der Waals surface area contributed by atoms with Crippen molar-refractivity contribution in [1.82, 2.24) is 5.01 Å². The first kappa shape index (κ1) is 36.1. The second kappa shape index (κ2) is 13.4. The van der Waals surface area contributed by atoms with Crippen LogP contribution in [0.2, 0.25) is 10.0 Å². The molecule has 0 aromatic heterocycles. The lowest BCUT2D eigenvalue weighted by Crippen LogP contribution is -2.53. The number of nitro benzene ring substituents is 1. The number of benzene rings is 4. The Labute approximate surface area is 324 Å². The number of phenolic OH excluding ortho intramolecular Hbond substituents is 1. The van der Waals surface area contributed by atoms with Crippen molar-refractivity contribution in [1.29, 1.82) is 0 Å². The number of nitro groups is 1. The van der Waals surface area contributed by atoms with Gasteiger partial charge in [-0.2, -0.15) is 5.01 Å². The number of hydrazine groups is 1. The number of allylic oxidation sites excluding steroid dienone is 2. The molecule has 2 saturated heterocycles. The number of amides is 4. The third kappa shape index (κ3) is 5.35. The molecule has 0 spiro atoms. The molecule has 4 aliphatic rings. The Kier molecular flexibility index (Phi) is 8.81. The van der Waals surface area contributed by atoms with Gasteiger partial charge < -0.3 is 14.6 Å². The van der Waals surface area contributed by atoms with Gasteiger partial charge in [-0.3, -0.25) is 34.7 Å². The predicted molar refractivity (Wildman–Crippen MR) is 201 cm³/mol. The summed E-state index contributed by atoms with van der Waals surface area (Å²) in [5.74, 6) is -6.72. The number of non-ortho nitro benzene ring substituents is 1. The number of nitrogens with zero attached hydrogens (tertiary/aromatic N) is 3. The summed E-state index contributed by atoms with van der Waals surface area (Å²) in [7, 11) is 2.93. The first-order valence-corrected chi connectivity index (χ1v) is 18.1. The highest BCUT2D eigenvalue weighted by molar-refractivity contribution is 6.36. The maximum absolute atomic E-state index is 15.5. The van der Waals surface area contributed by atoms with Crippen molar-refractivity contribution in [2.45, 2.75) is 24.2 Å². The average molecular weight is 784 g/mol. The van der Waals surface area contributed by atoms with Gasteiger partial charge in [-0.1, -0.05) is 59.1 Å². The Morgan fingerprint density at radius 1 is 0.891 bits per heavy atom. The molecule has 13 nitrogen and oxygen atoms in total. The first-order valence-electron chi connectivity index (χ1n) is 17.3. The van der Waals surface area contributed by atoms with E-state index in [1.54, 1.807) is 42.5 Å². The number of aromatic hydroxyl groups is 1. The van der Waals surface area contributed by atoms with Gasteiger partial charge in [0.2, 0.25) is 11.8 Å². The molecule has 6 atom stereocenters. The molecule has 15 heteroatoms. The van der Waals surface area contributed by atoms with Crippen molar-refractivity contribution in [3.8, 4) is 17.2 Å². The van der Waals surface area contributed by atoms with Gasteiger partial charge in [0.25, 0.3) is 17.5 Å². The summed E-state index contributed by atoms with van der Waals surface area (Å²) < 4.78 is 11.3. The van der Waals surface area contributed by atoms with Crippen LogP contribution in [0.3, 0.4) is 0 Å². The predicted octanol–water partition coefficient (Wildman–Crippen LogP) is 6.81. The molecule has 8 rings (SSSR count). The van der Waals surface area contributed by atoms with Gasteiger partial charge in [-0.05, 0) is 72.9 Å². The number of ether oxygens (including phenoxy) is 2. The van der Waals surface area contributed by atoms with E-state index in [0.29, 0.717) is 21.9 Å². The summed E-state index contributed by atoms with van der Waals surface area (Å²) in [6, 6.07) is 21.3. The molecule has 0 unspecified atom stereocenters. The summed E-state index contributed by atoms with van der Waals surface area (Å²) in [6.45, 7) is 0. The standard InChI is InChI=1S/C40H32Cl2N4O9/c1-54-24-12-9-20(10-13-24)40-28(37(49)45(39(40)51)43-30-16-11-21(41)17-29(30)42)19-27-25(35(40)34-31(47)7-4-8-32(34)55-2)14-15-26-33(27)38(50)44(36(26)48)22-5-3-6-23(18-22)46(52)53/h3-14,16-18,26-28,33,35,43,47H,15,19H2,1-2H3/t26-,27+,28-,33-,35+,40+/m0/s1. The van der Waals surface area contributed by atoms with E-state index in [-0.39, 0.29) is 52.0 Å². The van der Waals surface area contributed by atoms with Crippen LogP contribution in [0.5, 0.6) is 17.2 Å². The smallest absolute Gasteiger partial charge is 0.271 e. The zero-order valence-corrected chi connectivity index (χ0v) is 30.8. The van der Waals surface area contributed by atoms with E-state index in [0.717, 1.165) is 9.91 Å². The van der Waals surface area contributed by atoms with Gasteiger partial charge in [0.05, 0.1) is 58.7 Å². The number of phenols is 1. The molecule has 0 radical (unpaired) electrons. The molecule has 280 valence electrons. The molecule has 4 aromatic rings. The molecule has 2 N–H and O–H groups in total. The largest absolute Gasteiger partial charge is 0.508 e. The Hall–Kier alpha value is -5.92. The fourth-order valence-corrected chi connectivity index (χ4v) is 9.61. The first-order chi connectivity index (χ1) is 26.4. The molecule has 4 amide bonds. The van der Waals surface area contributed by atoms with Crippen LogP contribution in [0.1, 0.15) is 29.9 Å². The Morgan fingerprint density at radius 2 is 1.64 bits per heavy atom. The topological polar surface area (TPSA) is 169 Å². The van der Waals surface area contributed by atoms with Crippen molar-refractivity contribution >= 4 is 63.9 Å². The second-order valence-corrected chi connectivity index (χ2v) is 14.7. The van der Waals surface area contributed by atoms with Gasteiger partial charge in [-0.25, -0.2) is 4.90 Å². The van der Waals surface area contributed by atoms with Crippen molar-refractivity contribution in [3.63, 3.8) is 0 Å². The minimum Gasteiger partial charge on any atom is -0.508 e. The molecule has 3 fully saturated rings. The highest BCUT2D eigenvalue weighted by atomic mass is 35.5. The summed E-state index contributed by atoms with van der Waals surface area (Å²) in [5, 5.41) is 24.8. The van der Waals surface area contributed by atoms with Gasteiger partial charge in [0.1, 0.15) is 17.2 Å². The number of carbonyl (C=O) groups excluding carboxylic acids is 4. The maximum Gasteiger partial charge on any atom is 0.271 e. The zero-order chi connectivity index (χ0) is 38.9. The summed E-state index contributed by atoms with van der Waals surface area (Å²) >= 11 is 12.7. The third-order valence-corrected chi connectivity index (χ3v) is 12.0. The Morgan fingerprint density at radius 3 is 2.33 bits per heavy atom. The fourth-order valence-electron chi connectivity index (χ4n) is 9.16. The Bertz CT molecular complexity index is 2350. The van der Waals surface area contributed by atoms with E-state index < -0.39 is 63.6 Å². The minimum atomic E-state index is -1.73. The number of anilines is 2. The van der Waals surface area contributed by atoms with Crippen LogP contribution in [-0.2, 0) is 24.6 Å². The van der Waals surface area contributed by atoms with Gasteiger partial charge in [-0.15, -0.1) is 0 Å². The molecular formula is C40H32Cl2N4O9. The molecule has 4 aromatic carbocycles. The minimum absolute atomic E-state index is 0.0374. The van der Waals surface area contributed by atoms with E-state index in [1.807, 2.05) is 6.08 Å². The molecule has 2 heterocycles. The van der Waals surface area contributed by atoms with Crippen LogP contribution in [0, 0.1) is 33.8 Å². The van der Waals surface area contributed by atoms with Crippen LogP contribution >= 0.6 is 23.2 Å². The lowest BCUT2D eigenvalue weighted by atomic mass is 9.49. The number of nitrogens with one attached hydrogen (secondary N) is 1. The average Bonchev–Trinajstić information content (AvgIpc) is 3.56. The van der Waals surface area contributed by atoms with Crippen molar-refractivity contribution < 1.29 is 38.7 Å². The third-order valence-electron chi connectivity index (χ3n) is 11.4. The van der Waals surface area contributed by atoms with E-state index in [4.69, 9.17) is 32.7 Å². The number of hydrogen-bond acceptors (Lipinski definition) is 10. The second-order valence-electron chi connectivity index (χ2n) is 13.9. The lowest BCUT2D eigenvalue weighted by Gasteiger charge is -2.50. The SMILES string of the molecule is COc1ccc([C@@]23C(=O)N(Nc4ccc(Cl)cc4Cl)C(=O)[C@@H]2C[C@@H]2C(=CC[C@@H]4C(=O)N(c5cccc([N+](=O)[O-])c5)C(=O)[C@@H]42)[C@@H]3c2c(O)cccc2OC)cc1. The number of fused-ring (bicyclic) bond motifs is 4. The number of imide groups is 2. The van der Waals surface area contributed by atoms with E-state index in [2.05, 4.69) is 5.43 Å². The molecule has 55 heavy (non-hydrogen) atoms. The normalized spacial score (nSPS) is 25.6. The quantitative estimate of drug-likeness (QED) is 0.0838. The number of methoxy groups -OCH3 is 2. The molecule has 0 bridgehead atoms. The highest BCUT2D eigenvalue weighted by Gasteiger charge is 2.71. The van der Waals surface area contributed by atoms with Crippen molar-refractivity contribution in [2.75, 3.05) is 24.5 Å². The summed E-state index contributed by atoms with van der Waals surface area (Å²) in [5.41, 5.74) is 2.43. The van der Waals surface area contributed by atoms with Crippen molar-refractivity contribution in [2.24, 2.45) is 23.7 Å². The van der Waals surface area contributed by atoms with Crippen LogP contribution in [0.15, 0.2) is 96.6 Å². The van der Waals surface area contributed by atoms with E-state index >= 15 is 4.79 Å². The molecule has 1 saturated carbocycles. The van der Waals surface area contributed by atoms with E-state index in [9.17, 15) is 29.6 Å². The molecule has 2 aliphatic carbocycles. The summed E-state index contributed by atoms with van der Waals surface area (Å²) in [6.07, 6.45) is 1.88. The number of halogens is 2. The highest BCUT2D eigenvalue weighted by Crippen LogP contribution is 2.66.